The summed E-state index contributed by atoms with van der Waals surface area (Å²) in [5.74, 6) is 0. The molecule has 0 bridgehead atoms. The highest BCUT2D eigenvalue weighted by Crippen LogP contribution is 2.33. The van der Waals surface area contributed by atoms with Gasteiger partial charge >= 0.3 is 6.09 Å². The van der Waals surface area contributed by atoms with E-state index in [0.29, 0.717) is 13.1 Å². The molecule has 4 rings (SSSR count). The van der Waals surface area contributed by atoms with Gasteiger partial charge in [-0.3, -0.25) is 0 Å². The van der Waals surface area contributed by atoms with Gasteiger partial charge in [0.1, 0.15) is 0 Å². The zero-order valence-electron chi connectivity index (χ0n) is 13.5. The second-order valence-corrected chi connectivity index (χ2v) is 6.85. The minimum Gasteiger partial charge on any atom is -0.465 e. The van der Waals surface area contributed by atoms with Crippen molar-refractivity contribution in [3.63, 3.8) is 0 Å². The smallest absolute Gasteiger partial charge is 0.407 e. The van der Waals surface area contributed by atoms with Gasteiger partial charge in [-0.1, -0.05) is 12.1 Å². The standard InChI is InChI=1S/C18H19N3O2S/c1-13-11-14-3-2-4-16(17(14)21(13)15-5-10-24-12-15)19-6-8-20(9-7-19)18(22)23/h2-5,10-12H,6-9H2,1H3,(H,22,23). The topological polar surface area (TPSA) is 48.7 Å². The number of carbonyl (C=O) groups is 1. The molecule has 6 heteroatoms. The predicted octanol–water partition coefficient (Wildman–Crippen LogP) is 3.80. The number of carboxylic acid groups (broad SMARTS) is 1. The first-order valence-electron chi connectivity index (χ1n) is 8.01. The van der Waals surface area contributed by atoms with E-state index in [1.165, 1.54) is 32.9 Å². The maximum atomic E-state index is 11.1. The van der Waals surface area contributed by atoms with Crippen molar-refractivity contribution in [3.8, 4) is 5.69 Å². The van der Waals surface area contributed by atoms with Crippen molar-refractivity contribution in [2.45, 2.75) is 6.92 Å². The summed E-state index contributed by atoms with van der Waals surface area (Å²) in [4.78, 5) is 14.9. The van der Waals surface area contributed by atoms with Crippen LogP contribution in [-0.2, 0) is 0 Å². The van der Waals surface area contributed by atoms with Crippen molar-refractivity contribution in [1.82, 2.24) is 9.47 Å². The van der Waals surface area contributed by atoms with Crippen LogP contribution in [0.2, 0.25) is 0 Å². The molecule has 1 aliphatic rings. The van der Waals surface area contributed by atoms with E-state index in [2.05, 4.69) is 57.5 Å². The molecule has 0 unspecified atom stereocenters. The SMILES string of the molecule is Cc1cc2cccc(N3CCN(C(=O)O)CC3)c2n1-c1ccsc1. The first-order valence-corrected chi connectivity index (χ1v) is 8.96. The lowest BCUT2D eigenvalue weighted by Gasteiger charge is -2.35. The van der Waals surface area contributed by atoms with Gasteiger partial charge in [0.15, 0.2) is 0 Å². The molecule has 124 valence electrons. The van der Waals surface area contributed by atoms with Gasteiger partial charge in [-0.15, -0.1) is 0 Å². The van der Waals surface area contributed by atoms with Crippen LogP contribution < -0.4 is 4.90 Å². The van der Waals surface area contributed by atoms with Gasteiger partial charge in [-0.05, 0) is 30.5 Å². The second-order valence-electron chi connectivity index (χ2n) is 6.07. The maximum Gasteiger partial charge on any atom is 0.407 e. The van der Waals surface area contributed by atoms with Crippen molar-refractivity contribution in [1.29, 1.82) is 0 Å². The molecule has 3 aromatic rings. The summed E-state index contributed by atoms with van der Waals surface area (Å²) in [6, 6.07) is 10.7. The summed E-state index contributed by atoms with van der Waals surface area (Å²) in [6.45, 7) is 4.66. The summed E-state index contributed by atoms with van der Waals surface area (Å²) in [6.07, 6.45) is -0.828. The van der Waals surface area contributed by atoms with Crippen LogP contribution in [0.5, 0.6) is 0 Å². The first-order chi connectivity index (χ1) is 11.6. The number of aryl methyl sites for hydroxylation is 1. The molecule has 0 radical (unpaired) electrons. The fourth-order valence-corrected chi connectivity index (χ4v) is 4.11. The summed E-state index contributed by atoms with van der Waals surface area (Å²) >= 11 is 1.69. The molecule has 0 aliphatic carbocycles. The molecule has 1 aliphatic heterocycles. The Morgan fingerprint density at radius 3 is 2.62 bits per heavy atom. The normalized spacial score (nSPS) is 15.2. The van der Waals surface area contributed by atoms with Gasteiger partial charge < -0.3 is 19.5 Å². The summed E-state index contributed by atoms with van der Waals surface area (Å²) < 4.78 is 2.30. The van der Waals surface area contributed by atoms with Gasteiger partial charge in [-0.2, -0.15) is 11.3 Å². The third kappa shape index (κ3) is 2.43. The molecule has 1 N–H and O–H groups in total. The summed E-state index contributed by atoms with van der Waals surface area (Å²) in [5, 5.41) is 14.6. The van der Waals surface area contributed by atoms with Crippen LogP contribution in [0.25, 0.3) is 16.6 Å². The molecule has 1 saturated heterocycles. The fraction of sp³-hybridized carbons (Fsp3) is 0.278. The number of rotatable bonds is 2. The van der Waals surface area contributed by atoms with Crippen LogP contribution >= 0.6 is 11.3 Å². The number of piperazine rings is 1. The Morgan fingerprint density at radius 2 is 1.96 bits per heavy atom. The Bertz CT molecular complexity index is 877. The average Bonchev–Trinajstić information content (AvgIpc) is 3.20. The zero-order chi connectivity index (χ0) is 16.7. The molecule has 1 fully saturated rings. The molecule has 0 spiro atoms. The molecule has 0 saturated carbocycles. The van der Waals surface area contributed by atoms with E-state index in [9.17, 15) is 4.79 Å². The average molecular weight is 341 g/mol. The highest BCUT2D eigenvalue weighted by atomic mass is 32.1. The number of nitrogens with zero attached hydrogens (tertiary/aromatic N) is 3. The molecule has 24 heavy (non-hydrogen) atoms. The lowest BCUT2D eigenvalue weighted by atomic mass is 10.2. The molecule has 3 heterocycles. The van der Waals surface area contributed by atoms with Crippen LogP contribution in [0.4, 0.5) is 10.5 Å². The largest absolute Gasteiger partial charge is 0.465 e. The molecule has 5 nitrogen and oxygen atoms in total. The van der Waals surface area contributed by atoms with Crippen molar-refractivity contribution >= 4 is 34.0 Å². The number of para-hydroxylation sites is 1. The lowest BCUT2D eigenvalue weighted by molar-refractivity contribution is 0.142. The molecule has 1 aromatic carbocycles. The number of hydrogen-bond donors (Lipinski definition) is 1. The molecule has 0 atom stereocenters. The van der Waals surface area contributed by atoms with Gasteiger partial charge in [0.05, 0.1) is 16.9 Å². The molecule has 2 aromatic heterocycles. The number of anilines is 1. The molecular formula is C18H19N3O2S. The maximum absolute atomic E-state index is 11.1. The van der Waals surface area contributed by atoms with Crippen LogP contribution in [0.15, 0.2) is 41.1 Å². The highest BCUT2D eigenvalue weighted by Gasteiger charge is 2.23. The minimum absolute atomic E-state index is 0.545. The van der Waals surface area contributed by atoms with Crippen molar-refractivity contribution in [3.05, 3.63) is 46.8 Å². The first kappa shape index (κ1) is 15.1. The number of aromatic nitrogens is 1. The van der Waals surface area contributed by atoms with E-state index in [4.69, 9.17) is 5.11 Å². The Balaban J connectivity index is 1.78. The quantitative estimate of drug-likeness (QED) is 0.771. The fourth-order valence-electron chi connectivity index (χ4n) is 3.49. The van der Waals surface area contributed by atoms with Gasteiger partial charge in [0.25, 0.3) is 0 Å². The third-order valence-corrected chi connectivity index (χ3v) is 5.31. The van der Waals surface area contributed by atoms with Crippen LogP contribution in [-0.4, -0.2) is 46.8 Å². The Labute approximate surface area is 144 Å². The highest BCUT2D eigenvalue weighted by molar-refractivity contribution is 7.08. The van der Waals surface area contributed by atoms with Crippen molar-refractivity contribution < 1.29 is 9.90 Å². The Kier molecular flexibility index (Phi) is 3.69. The van der Waals surface area contributed by atoms with Crippen molar-refractivity contribution in [2.75, 3.05) is 31.1 Å². The van der Waals surface area contributed by atoms with E-state index in [1.807, 2.05) is 0 Å². The third-order valence-electron chi connectivity index (χ3n) is 4.64. The number of hydrogen-bond acceptors (Lipinski definition) is 3. The van der Waals surface area contributed by atoms with E-state index >= 15 is 0 Å². The monoisotopic (exact) mass is 341 g/mol. The second kappa shape index (κ2) is 5.87. The summed E-state index contributed by atoms with van der Waals surface area (Å²) in [7, 11) is 0. The van der Waals surface area contributed by atoms with Crippen LogP contribution in [0, 0.1) is 6.92 Å². The van der Waals surface area contributed by atoms with Crippen molar-refractivity contribution in [2.24, 2.45) is 0 Å². The Hall–Kier alpha value is -2.47. The molecular weight excluding hydrogens is 322 g/mol. The van der Waals surface area contributed by atoms with Crippen LogP contribution in [0.1, 0.15) is 5.69 Å². The minimum atomic E-state index is -0.828. The van der Waals surface area contributed by atoms with E-state index in [-0.39, 0.29) is 0 Å². The number of amides is 1. The predicted molar refractivity (Wildman–Crippen MR) is 97.7 cm³/mol. The van der Waals surface area contributed by atoms with Gasteiger partial charge in [0, 0.05) is 42.6 Å². The molecule has 1 amide bonds. The Morgan fingerprint density at radius 1 is 1.17 bits per heavy atom. The van der Waals surface area contributed by atoms with E-state index in [0.717, 1.165) is 13.1 Å². The lowest BCUT2D eigenvalue weighted by Crippen LogP contribution is -2.48. The summed E-state index contributed by atoms with van der Waals surface area (Å²) in [5.41, 5.74) is 4.78. The number of benzene rings is 1. The van der Waals surface area contributed by atoms with Gasteiger partial charge in [-0.25, -0.2) is 4.79 Å². The zero-order valence-corrected chi connectivity index (χ0v) is 14.3. The van der Waals surface area contributed by atoms with E-state index < -0.39 is 6.09 Å². The number of fused-ring (bicyclic) bond motifs is 1. The number of thiophene rings is 1. The van der Waals surface area contributed by atoms with Gasteiger partial charge in [0.2, 0.25) is 0 Å². The van der Waals surface area contributed by atoms with E-state index in [1.54, 1.807) is 11.3 Å². The van der Waals surface area contributed by atoms with Crippen LogP contribution in [0.3, 0.4) is 0 Å².